The normalized spacial score (nSPS) is 14.9. The first-order valence-electron chi connectivity index (χ1n) is 7.98. The summed E-state index contributed by atoms with van der Waals surface area (Å²) >= 11 is 3.42. The number of furan rings is 1. The van der Waals surface area contributed by atoms with E-state index >= 15 is 0 Å². The number of rotatable bonds is 7. The highest BCUT2D eigenvalue weighted by Crippen LogP contribution is 2.45. The van der Waals surface area contributed by atoms with Crippen LogP contribution in [0.25, 0.3) is 0 Å². The van der Waals surface area contributed by atoms with Gasteiger partial charge in [-0.3, -0.25) is 9.59 Å². The van der Waals surface area contributed by atoms with Gasteiger partial charge in [0.15, 0.2) is 5.76 Å². The molecule has 0 aliphatic heterocycles. The van der Waals surface area contributed by atoms with Crippen LogP contribution in [0.2, 0.25) is 0 Å². The molecule has 3 rings (SSSR count). The van der Waals surface area contributed by atoms with Crippen molar-refractivity contribution in [2.75, 3.05) is 6.54 Å². The molecule has 0 spiro atoms. The van der Waals surface area contributed by atoms with Crippen molar-refractivity contribution in [1.29, 1.82) is 0 Å². The van der Waals surface area contributed by atoms with Gasteiger partial charge in [-0.25, -0.2) is 0 Å². The van der Waals surface area contributed by atoms with Crippen molar-refractivity contribution in [2.45, 2.75) is 31.2 Å². The molecule has 0 saturated heterocycles. The molecule has 5 nitrogen and oxygen atoms in total. The number of halogens is 1. The smallest absolute Gasteiger partial charge is 0.286 e. The maximum atomic E-state index is 12.2. The Balaban J connectivity index is 1.41. The molecule has 1 aromatic heterocycles. The highest BCUT2D eigenvalue weighted by Gasteiger charge is 2.45. The van der Waals surface area contributed by atoms with Crippen LogP contribution in [0.1, 0.15) is 41.8 Å². The molecule has 1 fully saturated rings. The minimum absolute atomic E-state index is 0.0164. The molecule has 1 aromatic carbocycles. The number of hydrogen-bond acceptors (Lipinski definition) is 3. The Morgan fingerprint density at radius 2 is 1.92 bits per heavy atom. The lowest BCUT2D eigenvalue weighted by Crippen LogP contribution is -2.35. The maximum Gasteiger partial charge on any atom is 0.286 e. The molecule has 0 radical (unpaired) electrons. The fourth-order valence-electron chi connectivity index (χ4n) is 2.65. The first kappa shape index (κ1) is 16.8. The van der Waals surface area contributed by atoms with Gasteiger partial charge in [0.1, 0.15) is 0 Å². The summed E-state index contributed by atoms with van der Waals surface area (Å²) in [6.07, 6.45) is 4.37. The van der Waals surface area contributed by atoms with Gasteiger partial charge in [0, 0.05) is 17.4 Å². The number of carbonyl (C=O) groups excluding carboxylic acids is 2. The molecule has 1 aliphatic rings. The van der Waals surface area contributed by atoms with Gasteiger partial charge in [-0.05, 0) is 49.1 Å². The van der Waals surface area contributed by atoms with Gasteiger partial charge in [0.05, 0.1) is 11.8 Å². The minimum Gasteiger partial charge on any atom is -0.459 e. The molecule has 2 aromatic rings. The summed E-state index contributed by atoms with van der Waals surface area (Å²) in [5, 5.41) is 5.87. The molecule has 2 amide bonds. The van der Waals surface area contributed by atoms with Gasteiger partial charge < -0.3 is 15.1 Å². The van der Waals surface area contributed by atoms with E-state index in [1.807, 2.05) is 24.3 Å². The topological polar surface area (TPSA) is 71.3 Å². The summed E-state index contributed by atoms with van der Waals surface area (Å²) in [5.41, 5.74) is 0.944. The predicted octanol–water partition coefficient (Wildman–Crippen LogP) is 3.36. The van der Waals surface area contributed by atoms with Crippen molar-refractivity contribution in [2.24, 2.45) is 0 Å². The summed E-state index contributed by atoms with van der Waals surface area (Å²) in [6, 6.07) is 11.3. The van der Waals surface area contributed by atoms with Gasteiger partial charge in [0.25, 0.3) is 5.91 Å². The highest BCUT2D eigenvalue weighted by molar-refractivity contribution is 9.10. The first-order chi connectivity index (χ1) is 11.6. The molecule has 0 atom stereocenters. The number of benzene rings is 1. The van der Waals surface area contributed by atoms with Crippen molar-refractivity contribution < 1.29 is 14.0 Å². The number of amides is 2. The third kappa shape index (κ3) is 4.06. The van der Waals surface area contributed by atoms with E-state index in [1.54, 1.807) is 12.1 Å². The third-order valence-electron chi connectivity index (χ3n) is 4.14. The lowest BCUT2D eigenvalue weighted by atomic mass is 10.0. The predicted molar refractivity (Wildman–Crippen MR) is 93.5 cm³/mol. The second-order valence-corrected chi connectivity index (χ2v) is 6.89. The van der Waals surface area contributed by atoms with Crippen LogP contribution in [-0.2, 0) is 10.3 Å². The summed E-state index contributed by atoms with van der Waals surface area (Å²) in [5.74, 6) is 0.0447. The molecular weight excluding hydrogens is 372 g/mol. The fraction of sp³-hybridized carbons (Fsp3) is 0.333. The standard InChI is InChI=1S/C18H19BrN2O3/c19-14-7-5-13(6-8-14)18(9-10-18)21-16(22)4-1-11-20-17(23)15-3-2-12-24-15/h2-3,5-8,12H,1,4,9-11H2,(H,20,23)(H,21,22). The van der Waals surface area contributed by atoms with E-state index < -0.39 is 0 Å². The Hall–Kier alpha value is -2.08. The van der Waals surface area contributed by atoms with Gasteiger partial charge in [0.2, 0.25) is 5.91 Å². The number of hydrogen-bond donors (Lipinski definition) is 2. The maximum absolute atomic E-state index is 12.2. The van der Waals surface area contributed by atoms with Crippen LogP contribution < -0.4 is 10.6 Å². The van der Waals surface area contributed by atoms with Crippen LogP contribution in [0.4, 0.5) is 0 Å². The second kappa shape index (κ2) is 7.21. The Morgan fingerprint density at radius 3 is 2.54 bits per heavy atom. The zero-order valence-electron chi connectivity index (χ0n) is 13.2. The molecule has 24 heavy (non-hydrogen) atoms. The minimum atomic E-state index is -0.256. The van der Waals surface area contributed by atoms with Crippen molar-refractivity contribution in [3.8, 4) is 0 Å². The Bertz CT molecular complexity index is 706. The van der Waals surface area contributed by atoms with Crippen LogP contribution in [0.3, 0.4) is 0 Å². The average molecular weight is 391 g/mol. The Kier molecular flexibility index (Phi) is 5.04. The van der Waals surface area contributed by atoms with E-state index in [1.165, 1.54) is 6.26 Å². The SMILES string of the molecule is O=C(CCCNC(=O)c1ccco1)NC1(c2ccc(Br)cc2)CC1. The zero-order valence-corrected chi connectivity index (χ0v) is 14.8. The fourth-order valence-corrected chi connectivity index (χ4v) is 2.92. The van der Waals surface area contributed by atoms with E-state index in [2.05, 4.69) is 26.6 Å². The third-order valence-corrected chi connectivity index (χ3v) is 4.67. The Labute approximate surface area is 148 Å². The van der Waals surface area contributed by atoms with E-state index in [9.17, 15) is 9.59 Å². The molecule has 0 unspecified atom stereocenters. The summed E-state index contributed by atoms with van der Waals surface area (Å²) in [4.78, 5) is 23.9. The van der Waals surface area contributed by atoms with Crippen LogP contribution in [0.15, 0.2) is 51.6 Å². The molecule has 1 heterocycles. The molecule has 1 aliphatic carbocycles. The molecule has 0 bridgehead atoms. The summed E-state index contributed by atoms with van der Waals surface area (Å²) in [7, 11) is 0. The first-order valence-corrected chi connectivity index (χ1v) is 8.77. The van der Waals surface area contributed by atoms with Crippen molar-refractivity contribution in [3.63, 3.8) is 0 Å². The lowest BCUT2D eigenvalue weighted by Gasteiger charge is -2.18. The van der Waals surface area contributed by atoms with Crippen molar-refractivity contribution >= 4 is 27.7 Å². The quantitative estimate of drug-likeness (QED) is 0.711. The van der Waals surface area contributed by atoms with E-state index in [-0.39, 0.29) is 23.1 Å². The molecular formula is C18H19BrN2O3. The number of nitrogens with one attached hydrogen (secondary N) is 2. The molecule has 2 N–H and O–H groups in total. The average Bonchev–Trinajstić information content (AvgIpc) is 3.13. The summed E-state index contributed by atoms with van der Waals surface area (Å²) < 4.78 is 6.04. The molecule has 1 saturated carbocycles. The Morgan fingerprint density at radius 1 is 1.17 bits per heavy atom. The van der Waals surface area contributed by atoms with E-state index in [0.717, 1.165) is 22.9 Å². The second-order valence-electron chi connectivity index (χ2n) is 5.97. The van der Waals surface area contributed by atoms with Crippen LogP contribution in [0.5, 0.6) is 0 Å². The lowest BCUT2D eigenvalue weighted by molar-refractivity contribution is -0.122. The van der Waals surface area contributed by atoms with E-state index in [4.69, 9.17) is 4.42 Å². The summed E-state index contributed by atoms with van der Waals surface area (Å²) in [6.45, 7) is 0.443. The van der Waals surface area contributed by atoms with Crippen molar-refractivity contribution in [3.05, 3.63) is 58.5 Å². The van der Waals surface area contributed by atoms with Crippen LogP contribution in [0, 0.1) is 0 Å². The van der Waals surface area contributed by atoms with Gasteiger partial charge >= 0.3 is 0 Å². The highest BCUT2D eigenvalue weighted by atomic mass is 79.9. The molecule has 6 heteroatoms. The monoisotopic (exact) mass is 390 g/mol. The number of carbonyl (C=O) groups is 2. The van der Waals surface area contributed by atoms with E-state index in [0.29, 0.717) is 19.4 Å². The van der Waals surface area contributed by atoms with Crippen LogP contribution in [-0.4, -0.2) is 18.4 Å². The van der Waals surface area contributed by atoms with Crippen molar-refractivity contribution in [1.82, 2.24) is 10.6 Å². The largest absolute Gasteiger partial charge is 0.459 e. The van der Waals surface area contributed by atoms with Gasteiger partial charge in [-0.1, -0.05) is 28.1 Å². The van der Waals surface area contributed by atoms with Gasteiger partial charge in [-0.2, -0.15) is 0 Å². The molecule has 126 valence electrons. The zero-order chi connectivity index (χ0) is 17.0. The van der Waals surface area contributed by atoms with Gasteiger partial charge in [-0.15, -0.1) is 0 Å². The van der Waals surface area contributed by atoms with Crippen LogP contribution >= 0.6 is 15.9 Å².